The van der Waals surface area contributed by atoms with Crippen molar-refractivity contribution in [3.63, 3.8) is 0 Å². The summed E-state index contributed by atoms with van der Waals surface area (Å²) in [7, 11) is -0.632. The molecule has 80 valence electrons. The molecule has 5 nitrogen and oxygen atoms in total. The van der Waals surface area contributed by atoms with E-state index in [0.717, 1.165) is 6.54 Å². The van der Waals surface area contributed by atoms with Crippen molar-refractivity contribution in [2.75, 3.05) is 27.4 Å². The number of hydrogen-bond acceptors (Lipinski definition) is 3. The Balaban J connectivity index is 4.04. The van der Waals surface area contributed by atoms with Crippen LogP contribution in [0, 0.1) is 5.92 Å². The fraction of sp³-hybridized carbons (Fsp3) is 1.00. The molecule has 0 fully saturated rings. The largest absolute Gasteiger partial charge is 0.401 e. The highest BCUT2D eigenvalue weighted by atomic mass is 32.3. The second-order valence-corrected chi connectivity index (χ2v) is 5.28. The smallest absolute Gasteiger partial charge is 0.305 e. The lowest BCUT2D eigenvalue weighted by molar-refractivity contribution is -0.908. The van der Waals surface area contributed by atoms with Crippen molar-refractivity contribution >= 4 is 10.4 Å². The Morgan fingerprint density at radius 1 is 1.38 bits per heavy atom. The highest BCUT2D eigenvalue weighted by Crippen LogP contribution is 2.05. The van der Waals surface area contributed by atoms with Crippen LogP contribution < -0.4 is 0 Å². The summed E-state index contributed by atoms with van der Waals surface area (Å²) in [5.74, 6) is 0.444. The SMILES string of the molecule is CC(C)C[N+](C)(C)COS(=O)(=O)O. The molecule has 0 spiro atoms. The molecular formula is C7H18NO4S+. The van der Waals surface area contributed by atoms with Crippen LogP contribution in [-0.4, -0.2) is 44.8 Å². The normalized spacial score (nSPS) is 13.7. The van der Waals surface area contributed by atoms with E-state index in [1.54, 1.807) is 0 Å². The first-order chi connectivity index (χ1) is 5.62. The van der Waals surface area contributed by atoms with Gasteiger partial charge in [-0.2, -0.15) is 12.6 Å². The first-order valence-electron chi connectivity index (χ1n) is 4.06. The van der Waals surface area contributed by atoms with E-state index in [1.807, 2.05) is 27.9 Å². The summed E-state index contributed by atoms with van der Waals surface area (Å²) in [5.41, 5.74) is 0. The molecule has 0 rings (SSSR count). The standard InChI is InChI=1S/C7H17NO4S/c1-7(2)5-8(3,4)6-12-13(9,10)11/h7H,5-6H2,1-4H3/p+1. The Bertz CT molecular complexity index is 245. The van der Waals surface area contributed by atoms with Crippen molar-refractivity contribution in [2.24, 2.45) is 5.92 Å². The highest BCUT2D eigenvalue weighted by molar-refractivity contribution is 7.80. The van der Waals surface area contributed by atoms with Gasteiger partial charge in [-0.1, -0.05) is 13.8 Å². The van der Waals surface area contributed by atoms with E-state index in [1.165, 1.54) is 0 Å². The molecule has 0 radical (unpaired) electrons. The quantitative estimate of drug-likeness (QED) is 0.409. The van der Waals surface area contributed by atoms with Crippen LogP contribution in [-0.2, 0) is 14.6 Å². The number of rotatable bonds is 5. The second-order valence-electron chi connectivity index (χ2n) is 4.19. The summed E-state index contributed by atoms with van der Waals surface area (Å²) in [5, 5.41) is 0. The molecule has 0 aromatic rings. The van der Waals surface area contributed by atoms with Crippen molar-refractivity contribution in [3.8, 4) is 0 Å². The van der Waals surface area contributed by atoms with E-state index in [4.69, 9.17) is 4.55 Å². The fourth-order valence-electron chi connectivity index (χ4n) is 1.25. The van der Waals surface area contributed by atoms with Crippen molar-refractivity contribution in [1.82, 2.24) is 0 Å². The summed E-state index contributed by atoms with van der Waals surface area (Å²) < 4.78 is 33.6. The van der Waals surface area contributed by atoms with Gasteiger partial charge in [0.15, 0.2) is 0 Å². The van der Waals surface area contributed by atoms with E-state index in [9.17, 15) is 8.42 Å². The molecule has 0 saturated carbocycles. The Kier molecular flexibility index (Phi) is 4.31. The topological polar surface area (TPSA) is 63.6 Å². The molecule has 0 heterocycles. The van der Waals surface area contributed by atoms with E-state index < -0.39 is 10.4 Å². The van der Waals surface area contributed by atoms with Crippen LogP contribution in [0.4, 0.5) is 0 Å². The van der Waals surface area contributed by atoms with E-state index in [-0.39, 0.29) is 6.73 Å². The monoisotopic (exact) mass is 212 g/mol. The minimum atomic E-state index is -4.31. The number of quaternary nitrogens is 1. The van der Waals surface area contributed by atoms with E-state index in [0.29, 0.717) is 10.4 Å². The van der Waals surface area contributed by atoms with Gasteiger partial charge in [0.1, 0.15) is 0 Å². The molecule has 0 unspecified atom stereocenters. The van der Waals surface area contributed by atoms with Gasteiger partial charge in [-0.3, -0.25) is 4.55 Å². The van der Waals surface area contributed by atoms with E-state index in [2.05, 4.69) is 4.18 Å². The van der Waals surface area contributed by atoms with Crippen LogP contribution in [0.2, 0.25) is 0 Å². The Hall–Kier alpha value is -0.170. The van der Waals surface area contributed by atoms with Gasteiger partial charge in [0.25, 0.3) is 0 Å². The van der Waals surface area contributed by atoms with Gasteiger partial charge in [0, 0.05) is 5.92 Å². The van der Waals surface area contributed by atoms with Crippen LogP contribution in [0.25, 0.3) is 0 Å². The maximum absolute atomic E-state index is 10.3. The highest BCUT2D eigenvalue weighted by Gasteiger charge is 2.20. The van der Waals surface area contributed by atoms with Crippen LogP contribution in [0.5, 0.6) is 0 Å². The van der Waals surface area contributed by atoms with E-state index >= 15 is 0 Å². The van der Waals surface area contributed by atoms with Gasteiger partial charge >= 0.3 is 10.4 Å². The Morgan fingerprint density at radius 3 is 2.15 bits per heavy atom. The van der Waals surface area contributed by atoms with Crippen LogP contribution in [0.1, 0.15) is 13.8 Å². The lowest BCUT2D eigenvalue weighted by atomic mass is 10.2. The van der Waals surface area contributed by atoms with Gasteiger partial charge in [-0.15, -0.1) is 0 Å². The zero-order valence-corrected chi connectivity index (χ0v) is 9.34. The molecular weight excluding hydrogens is 194 g/mol. The molecule has 0 bridgehead atoms. The predicted octanol–water partition coefficient (Wildman–Crippen LogP) is 0.496. The van der Waals surface area contributed by atoms with Crippen LogP contribution in [0.3, 0.4) is 0 Å². The zero-order valence-electron chi connectivity index (χ0n) is 8.52. The summed E-state index contributed by atoms with van der Waals surface area (Å²) in [6, 6.07) is 0. The summed E-state index contributed by atoms with van der Waals surface area (Å²) in [4.78, 5) is 0. The fourth-order valence-corrected chi connectivity index (χ4v) is 1.67. The van der Waals surface area contributed by atoms with Gasteiger partial charge in [-0.25, -0.2) is 0 Å². The van der Waals surface area contributed by atoms with Crippen molar-refractivity contribution in [2.45, 2.75) is 13.8 Å². The molecule has 1 N–H and O–H groups in total. The molecule has 0 amide bonds. The Morgan fingerprint density at radius 2 is 1.85 bits per heavy atom. The molecule has 0 aliphatic rings. The molecule has 0 aliphatic carbocycles. The minimum Gasteiger partial charge on any atom is -0.305 e. The lowest BCUT2D eigenvalue weighted by Gasteiger charge is -2.29. The third kappa shape index (κ3) is 8.17. The van der Waals surface area contributed by atoms with Gasteiger partial charge in [0.05, 0.1) is 20.6 Å². The molecule has 0 saturated heterocycles. The van der Waals surface area contributed by atoms with Gasteiger partial charge in [0.2, 0.25) is 6.73 Å². The molecule has 0 aliphatic heterocycles. The first kappa shape index (κ1) is 12.8. The summed E-state index contributed by atoms with van der Waals surface area (Å²) in [6.07, 6.45) is 0. The molecule has 0 aromatic carbocycles. The van der Waals surface area contributed by atoms with Crippen molar-refractivity contribution in [1.29, 1.82) is 0 Å². The van der Waals surface area contributed by atoms with Crippen molar-refractivity contribution < 1.29 is 21.6 Å². The minimum absolute atomic E-state index is 0.0446. The number of hydrogen-bond donors (Lipinski definition) is 1. The zero-order chi connectivity index (χ0) is 10.7. The Labute approximate surface area is 79.8 Å². The third-order valence-corrected chi connectivity index (χ3v) is 1.81. The third-order valence-electron chi connectivity index (χ3n) is 1.41. The second kappa shape index (κ2) is 4.36. The van der Waals surface area contributed by atoms with Gasteiger partial charge < -0.3 is 4.48 Å². The van der Waals surface area contributed by atoms with Crippen LogP contribution in [0.15, 0.2) is 0 Å². The average molecular weight is 212 g/mol. The maximum atomic E-state index is 10.3. The summed E-state index contributed by atoms with van der Waals surface area (Å²) in [6.45, 7) is 4.81. The average Bonchev–Trinajstić information content (AvgIpc) is 1.79. The molecule has 0 atom stereocenters. The number of nitrogens with zero attached hydrogens (tertiary/aromatic N) is 1. The molecule has 0 aromatic heterocycles. The molecule has 6 heteroatoms. The first-order valence-corrected chi connectivity index (χ1v) is 5.43. The maximum Gasteiger partial charge on any atom is 0.401 e. The van der Waals surface area contributed by atoms with Crippen LogP contribution >= 0.6 is 0 Å². The lowest BCUT2D eigenvalue weighted by Crippen LogP contribution is -2.44. The van der Waals surface area contributed by atoms with Crippen molar-refractivity contribution in [3.05, 3.63) is 0 Å². The van der Waals surface area contributed by atoms with Gasteiger partial charge in [-0.05, 0) is 0 Å². The predicted molar refractivity (Wildman–Crippen MR) is 49.3 cm³/mol. The molecule has 13 heavy (non-hydrogen) atoms. The summed E-state index contributed by atoms with van der Waals surface area (Å²) >= 11 is 0.